The van der Waals surface area contributed by atoms with Crippen LogP contribution in [0.25, 0.3) is 0 Å². The van der Waals surface area contributed by atoms with E-state index in [1.54, 1.807) is 0 Å². The molecule has 0 N–H and O–H groups in total. The second-order valence-electron chi connectivity index (χ2n) is 7.62. The summed E-state index contributed by atoms with van der Waals surface area (Å²) in [5.41, 5.74) is 1.11. The smallest absolute Gasteiger partial charge is 0.428 e. The predicted octanol–water partition coefficient (Wildman–Crippen LogP) is 3.53. The van der Waals surface area contributed by atoms with E-state index in [9.17, 15) is 31.3 Å². The van der Waals surface area contributed by atoms with E-state index in [4.69, 9.17) is 9.47 Å². The molecule has 1 aliphatic heterocycles. The van der Waals surface area contributed by atoms with Crippen LogP contribution in [0.3, 0.4) is 0 Å². The summed E-state index contributed by atoms with van der Waals surface area (Å²) < 4.78 is 78.0. The fourth-order valence-corrected chi connectivity index (χ4v) is 7.06. The molecule has 1 aromatic carbocycles. The summed E-state index contributed by atoms with van der Waals surface area (Å²) in [6.45, 7) is 1.83. The van der Waals surface area contributed by atoms with Crippen molar-refractivity contribution >= 4 is 89.8 Å². The number of carbonyl (C=O) groups excluding carboxylic acids is 2. The molecule has 2 fully saturated rings. The van der Waals surface area contributed by atoms with Crippen molar-refractivity contribution in [3.63, 3.8) is 0 Å². The van der Waals surface area contributed by atoms with Gasteiger partial charge in [0, 0.05) is 34.5 Å². The molecular formula is C17H12F2I3O8S-. The Morgan fingerprint density at radius 3 is 2.39 bits per heavy atom. The molecule has 4 rings (SSSR count). The first kappa shape index (κ1) is 24.1. The molecule has 3 aliphatic rings. The highest BCUT2D eigenvalue weighted by atomic mass is 127. The molecule has 4 unspecified atom stereocenters. The molecule has 2 bridgehead atoms. The fraction of sp³-hybridized carbons (Fsp3) is 0.529. The summed E-state index contributed by atoms with van der Waals surface area (Å²) >= 11 is 6.36. The van der Waals surface area contributed by atoms with Gasteiger partial charge in [-0.3, -0.25) is 0 Å². The van der Waals surface area contributed by atoms with Gasteiger partial charge in [0.15, 0.2) is 10.1 Å². The van der Waals surface area contributed by atoms with E-state index in [2.05, 4.69) is 72.5 Å². The van der Waals surface area contributed by atoms with Gasteiger partial charge in [-0.15, -0.1) is 0 Å². The van der Waals surface area contributed by atoms with Gasteiger partial charge >= 0.3 is 17.2 Å². The van der Waals surface area contributed by atoms with Crippen LogP contribution >= 0.6 is 67.8 Å². The van der Waals surface area contributed by atoms with E-state index in [1.165, 1.54) is 0 Å². The van der Waals surface area contributed by atoms with E-state index in [0.717, 1.165) is 12.7 Å². The molecule has 2 saturated carbocycles. The van der Waals surface area contributed by atoms with E-state index >= 15 is 0 Å². The van der Waals surface area contributed by atoms with Crippen LogP contribution in [0.5, 0.6) is 5.75 Å². The maximum atomic E-state index is 13.5. The Hall–Kier alpha value is -0.0800. The van der Waals surface area contributed by atoms with Gasteiger partial charge in [-0.2, -0.15) is 8.78 Å². The van der Waals surface area contributed by atoms with Gasteiger partial charge in [0.1, 0.15) is 17.4 Å². The highest BCUT2D eigenvalue weighted by Crippen LogP contribution is 2.57. The Balaban J connectivity index is 1.57. The Morgan fingerprint density at radius 2 is 1.84 bits per heavy atom. The maximum absolute atomic E-state index is 13.5. The fourth-order valence-electron chi connectivity index (χ4n) is 4.36. The van der Waals surface area contributed by atoms with Crippen LogP contribution in [-0.2, 0) is 24.4 Å². The third kappa shape index (κ3) is 3.65. The quantitative estimate of drug-likeness (QED) is 0.198. The highest BCUT2D eigenvalue weighted by Gasteiger charge is 2.63. The molecule has 0 aromatic heterocycles. The van der Waals surface area contributed by atoms with Gasteiger partial charge in [0.25, 0.3) is 5.79 Å². The molecule has 4 atom stereocenters. The zero-order chi connectivity index (χ0) is 23.1. The van der Waals surface area contributed by atoms with Crippen LogP contribution in [0.1, 0.15) is 35.2 Å². The van der Waals surface area contributed by atoms with Crippen LogP contribution in [0, 0.1) is 29.5 Å². The summed E-state index contributed by atoms with van der Waals surface area (Å²) in [4.78, 5) is 24.5. The number of halogens is 5. The first-order valence-electron chi connectivity index (χ1n) is 8.83. The maximum Gasteiger partial charge on any atom is 0.428 e. The zero-order valence-electron chi connectivity index (χ0n) is 15.4. The van der Waals surface area contributed by atoms with Gasteiger partial charge in [-0.05, 0) is 87.5 Å². The zero-order valence-corrected chi connectivity index (χ0v) is 22.7. The predicted molar refractivity (Wildman–Crippen MR) is 123 cm³/mol. The van der Waals surface area contributed by atoms with Crippen LogP contribution in [-0.4, -0.2) is 42.1 Å². The van der Waals surface area contributed by atoms with Crippen molar-refractivity contribution in [2.45, 2.75) is 43.3 Å². The first-order valence-corrected chi connectivity index (χ1v) is 13.5. The summed E-state index contributed by atoms with van der Waals surface area (Å²) in [7, 11) is -6.19. The number of alkyl halides is 2. The van der Waals surface area contributed by atoms with Crippen LogP contribution < -0.4 is 4.74 Å². The van der Waals surface area contributed by atoms with Crippen molar-refractivity contribution < 1.29 is 45.6 Å². The molecule has 1 aromatic rings. The van der Waals surface area contributed by atoms with Gasteiger partial charge in [-0.1, -0.05) is 0 Å². The van der Waals surface area contributed by atoms with Crippen LogP contribution in [0.15, 0.2) is 0 Å². The third-order valence-corrected chi connectivity index (χ3v) is 12.2. The lowest BCUT2D eigenvalue weighted by molar-refractivity contribution is -0.203. The summed E-state index contributed by atoms with van der Waals surface area (Å²) in [6, 6.07) is 0. The average molecular weight is 795 g/mol. The summed E-state index contributed by atoms with van der Waals surface area (Å²) in [5, 5.41) is -5.17. The normalized spacial score (nSPS) is 29.5. The third-order valence-electron chi connectivity index (χ3n) is 5.85. The Morgan fingerprint density at radius 1 is 1.19 bits per heavy atom. The van der Waals surface area contributed by atoms with Gasteiger partial charge in [0.2, 0.25) is 0 Å². The van der Waals surface area contributed by atoms with Crippen LogP contribution in [0.4, 0.5) is 8.78 Å². The highest BCUT2D eigenvalue weighted by molar-refractivity contribution is 14.1. The Kier molecular flexibility index (Phi) is 5.99. The second kappa shape index (κ2) is 7.72. The van der Waals surface area contributed by atoms with E-state index in [1.807, 2.05) is 6.92 Å². The number of benzene rings is 1. The SMILES string of the molecule is Cc1c(I)c(I)c(I)c2c1OC1(CC3CC1CC3OC(=O)C(F)(F)S(=O)(=O)[O-])OC2=O. The van der Waals surface area contributed by atoms with Crippen molar-refractivity contribution in [2.75, 3.05) is 0 Å². The summed E-state index contributed by atoms with van der Waals surface area (Å²) in [5.74, 6) is -4.78. The second-order valence-corrected chi connectivity index (χ2v) is 12.3. The number of hydrogen-bond acceptors (Lipinski definition) is 8. The lowest BCUT2D eigenvalue weighted by Crippen LogP contribution is -2.52. The summed E-state index contributed by atoms with van der Waals surface area (Å²) in [6.07, 6.45) is -0.535. The van der Waals surface area contributed by atoms with Gasteiger partial charge in [0.05, 0.1) is 0 Å². The van der Waals surface area contributed by atoms with Gasteiger partial charge in [-0.25, -0.2) is 18.0 Å². The van der Waals surface area contributed by atoms with Gasteiger partial charge < -0.3 is 18.8 Å². The lowest BCUT2D eigenvalue weighted by Gasteiger charge is -2.42. The van der Waals surface area contributed by atoms with Crippen molar-refractivity contribution in [2.24, 2.45) is 11.8 Å². The van der Waals surface area contributed by atoms with Crippen LogP contribution in [0.2, 0.25) is 0 Å². The minimum absolute atomic E-state index is 0.0333. The standard InChI is InChI=1S/C17H13F2I3O8S/c1-5-10(20)12(22)11(21)9-13(5)29-16(30-14(9)23)4-6-2-7(16)3-8(6)28-15(24)17(18,19)31(25,26)27/h6-8H,2-4H2,1H3,(H,25,26,27)/p-1. The first-order chi connectivity index (χ1) is 14.2. The number of esters is 2. The molecule has 1 heterocycles. The molecule has 0 amide bonds. The number of ether oxygens (including phenoxy) is 3. The molecule has 1 spiro atoms. The molecule has 170 valence electrons. The molecular weight excluding hydrogens is 783 g/mol. The molecule has 2 aliphatic carbocycles. The Labute approximate surface area is 216 Å². The number of hydrogen-bond donors (Lipinski definition) is 0. The minimum atomic E-state index is -6.19. The van der Waals surface area contributed by atoms with Crippen molar-refractivity contribution in [3.05, 3.63) is 21.8 Å². The van der Waals surface area contributed by atoms with Crippen molar-refractivity contribution in [3.8, 4) is 5.75 Å². The lowest BCUT2D eigenvalue weighted by atomic mass is 9.90. The molecule has 8 nitrogen and oxygen atoms in total. The van der Waals surface area contributed by atoms with Crippen molar-refractivity contribution in [1.82, 2.24) is 0 Å². The average Bonchev–Trinajstić information content (AvgIpc) is 3.20. The molecule has 0 radical (unpaired) electrons. The van der Waals surface area contributed by atoms with E-state index < -0.39 is 51.0 Å². The minimum Gasteiger partial charge on any atom is -0.743 e. The van der Waals surface area contributed by atoms with E-state index in [0.29, 0.717) is 21.3 Å². The number of rotatable bonds is 3. The monoisotopic (exact) mass is 795 g/mol. The van der Waals surface area contributed by atoms with Crippen molar-refractivity contribution in [1.29, 1.82) is 0 Å². The molecule has 0 saturated heterocycles. The number of carbonyl (C=O) groups is 2. The topological polar surface area (TPSA) is 119 Å². The largest absolute Gasteiger partial charge is 0.743 e. The molecule has 14 heteroatoms. The Bertz CT molecular complexity index is 1130. The number of fused-ring (bicyclic) bond motifs is 4. The van der Waals surface area contributed by atoms with E-state index in [-0.39, 0.29) is 12.8 Å². The molecule has 31 heavy (non-hydrogen) atoms.